The largest absolute Gasteiger partial charge is 0.447 e. The second-order valence-corrected chi connectivity index (χ2v) is 6.64. The number of nitrogens with one attached hydrogen (secondary N) is 2. The van der Waals surface area contributed by atoms with Gasteiger partial charge in [0.2, 0.25) is 0 Å². The maximum absolute atomic E-state index is 12.2. The normalized spacial score (nSPS) is 14.7. The first kappa shape index (κ1) is 18.4. The predicted octanol–water partition coefficient (Wildman–Crippen LogP) is 4.83. The first-order chi connectivity index (χ1) is 12.4. The fraction of sp³-hybridized carbons (Fsp3) is 0.222. The number of urea groups is 1. The summed E-state index contributed by atoms with van der Waals surface area (Å²) in [6, 6.07) is 11.4. The summed E-state index contributed by atoms with van der Waals surface area (Å²) in [5.74, 6) is 0. The topological polar surface area (TPSA) is 70.7 Å². The van der Waals surface area contributed by atoms with Gasteiger partial charge in [-0.15, -0.1) is 0 Å². The molecule has 2 aromatic rings. The molecule has 6 nitrogen and oxygen atoms in total. The van der Waals surface area contributed by atoms with Crippen LogP contribution in [-0.2, 0) is 4.74 Å². The third kappa shape index (κ3) is 4.20. The molecule has 0 aromatic heterocycles. The number of rotatable bonds is 4. The Hall–Kier alpha value is -2.44. The molecule has 1 aliphatic rings. The van der Waals surface area contributed by atoms with Crippen LogP contribution in [0.15, 0.2) is 42.5 Å². The molecule has 1 aliphatic heterocycles. The lowest BCUT2D eigenvalue weighted by atomic mass is 10.1. The lowest BCUT2D eigenvalue weighted by Crippen LogP contribution is -2.31. The predicted molar refractivity (Wildman–Crippen MR) is 102 cm³/mol. The third-order valence-electron chi connectivity index (χ3n) is 3.97. The first-order valence-corrected chi connectivity index (χ1v) is 8.76. The number of anilines is 2. The summed E-state index contributed by atoms with van der Waals surface area (Å²) in [6.07, 6.45) is -0.364. The molecule has 0 spiro atoms. The molecule has 0 aliphatic carbocycles. The van der Waals surface area contributed by atoms with Crippen LogP contribution in [0.5, 0.6) is 0 Å². The van der Waals surface area contributed by atoms with Gasteiger partial charge in [0.05, 0.1) is 12.6 Å². The van der Waals surface area contributed by atoms with E-state index in [1.165, 1.54) is 4.90 Å². The minimum Gasteiger partial charge on any atom is -0.447 e. The first-order valence-electron chi connectivity index (χ1n) is 8.01. The fourth-order valence-corrected chi connectivity index (χ4v) is 3.22. The van der Waals surface area contributed by atoms with Crippen LogP contribution in [0.3, 0.4) is 0 Å². The van der Waals surface area contributed by atoms with E-state index in [0.29, 0.717) is 28.9 Å². The van der Waals surface area contributed by atoms with E-state index in [1.54, 1.807) is 42.5 Å². The molecule has 2 aromatic carbocycles. The van der Waals surface area contributed by atoms with Gasteiger partial charge in [0.25, 0.3) is 0 Å². The number of amides is 3. The van der Waals surface area contributed by atoms with Gasteiger partial charge in [-0.1, -0.05) is 29.3 Å². The van der Waals surface area contributed by atoms with Crippen molar-refractivity contribution in [2.45, 2.75) is 13.0 Å². The Labute approximate surface area is 161 Å². The number of hydrogen-bond acceptors (Lipinski definition) is 3. The van der Waals surface area contributed by atoms with Gasteiger partial charge in [-0.2, -0.15) is 0 Å². The van der Waals surface area contributed by atoms with Crippen molar-refractivity contribution in [3.63, 3.8) is 0 Å². The molecule has 3 rings (SSSR count). The molecule has 8 heteroatoms. The van der Waals surface area contributed by atoms with Crippen LogP contribution >= 0.6 is 23.2 Å². The van der Waals surface area contributed by atoms with Crippen LogP contribution in [0.25, 0.3) is 0 Å². The summed E-state index contributed by atoms with van der Waals surface area (Å²) in [4.78, 5) is 25.3. The third-order valence-corrected chi connectivity index (χ3v) is 4.54. The highest BCUT2D eigenvalue weighted by Gasteiger charge is 2.23. The number of benzene rings is 2. The summed E-state index contributed by atoms with van der Waals surface area (Å²) >= 11 is 12.0. The van der Waals surface area contributed by atoms with E-state index in [-0.39, 0.29) is 18.2 Å². The van der Waals surface area contributed by atoms with Crippen molar-refractivity contribution in [2.24, 2.45) is 0 Å². The van der Waals surface area contributed by atoms with E-state index in [4.69, 9.17) is 27.9 Å². The van der Waals surface area contributed by atoms with Gasteiger partial charge in [-0.25, -0.2) is 9.59 Å². The number of carbonyl (C=O) groups is 2. The van der Waals surface area contributed by atoms with E-state index >= 15 is 0 Å². The Morgan fingerprint density at radius 2 is 1.92 bits per heavy atom. The van der Waals surface area contributed by atoms with Crippen molar-refractivity contribution in [1.29, 1.82) is 0 Å². The zero-order chi connectivity index (χ0) is 18.7. The molecular formula is C18H17Cl2N3O3. The molecule has 0 saturated carbocycles. The number of ether oxygens (including phenoxy) is 1. The average Bonchev–Trinajstić information content (AvgIpc) is 3.01. The highest BCUT2D eigenvalue weighted by Crippen LogP contribution is 2.26. The van der Waals surface area contributed by atoms with Crippen LogP contribution in [0, 0.1) is 0 Å². The van der Waals surface area contributed by atoms with Gasteiger partial charge in [0, 0.05) is 21.4 Å². The number of halogens is 2. The Morgan fingerprint density at radius 1 is 1.19 bits per heavy atom. The maximum atomic E-state index is 12.2. The minimum atomic E-state index is -0.364. The molecule has 26 heavy (non-hydrogen) atoms. The van der Waals surface area contributed by atoms with E-state index < -0.39 is 0 Å². The fourth-order valence-electron chi connectivity index (χ4n) is 2.65. The zero-order valence-electron chi connectivity index (χ0n) is 14.0. The number of nitrogens with zero attached hydrogens (tertiary/aromatic N) is 1. The van der Waals surface area contributed by atoms with Gasteiger partial charge in [-0.3, -0.25) is 4.90 Å². The Balaban J connectivity index is 1.60. The molecule has 3 amide bonds. The van der Waals surface area contributed by atoms with Crippen LogP contribution in [-0.4, -0.2) is 25.3 Å². The number of carbonyl (C=O) groups excluding carboxylic acids is 2. The van der Waals surface area contributed by atoms with E-state index in [0.717, 1.165) is 11.3 Å². The lowest BCUT2D eigenvalue weighted by Gasteiger charge is -2.17. The van der Waals surface area contributed by atoms with Crippen molar-refractivity contribution >= 4 is 46.7 Å². The van der Waals surface area contributed by atoms with Crippen molar-refractivity contribution in [2.75, 3.05) is 23.4 Å². The Morgan fingerprint density at radius 3 is 2.54 bits per heavy atom. The summed E-state index contributed by atoms with van der Waals surface area (Å²) in [5, 5.41) is 6.60. The second kappa shape index (κ2) is 7.85. The summed E-state index contributed by atoms with van der Waals surface area (Å²) in [6.45, 7) is 2.73. The zero-order valence-corrected chi connectivity index (χ0v) is 15.5. The van der Waals surface area contributed by atoms with Gasteiger partial charge in [0.1, 0.15) is 6.61 Å². The molecule has 2 N–H and O–H groups in total. The van der Waals surface area contributed by atoms with Crippen LogP contribution in [0.1, 0.15) is 18.5 Å². The van der Waals surface area contributed by atoms with Crippen molar-refractivity contribution in [1.82, 2.24) is 5.32 Å². The molecule has 0 radical (unpaired) electrons. The van der Waals surface area contributed by atoms with E-state index in [2.05, 4.69) is 10.6 Å². The van der Waals surface area contributed by atoms with Crippen LogP contribution in [0.2, 0.25) is 10.0 Å². The monoisotopic (exact) mass is 393 g/mol. The second-order valence-electron chi connectivity index (χ2n) is 5.80. The molecule has 1 heterocycles. The molecule has 1 unspecified atom stereocenters. The molecule has 1 saturated heterocycles. The molecule has 0 bridgehead atoms. The van der Waals surface area contributed by atoms with Crippen LogP contribution in [0.4, 0.5) is 21.0 Å². The molecule has 136 valence electrons. The Kier molecular flexibility index (Phi) is 5.54. The average molecular weight is 394 g/mol. The van der Waals surface area contributed by atoms with E-state index in [1.807, 2.05) is 6.92 Å². The van der Waals surface area contributed by atoms with E-state index in [9.17, 15) is 9.59 Å². The summed E-state index contributed by atoms with van der Waals surface area (Å²) in [5.41, 5.74) is 2.10. The van der Waals surface area contributed by atoms with Crippen LogP contribution < -0.4 is 15.5 Å². The van der Waals surface area contributed by atoms with Crippen molar-refractivity contribution in [3.8, 4) is 0 Å². The highest BCUT2D eigenvalue weighted by molar-refractivity contribution is 6.35. The van der Waals surface area contributed by atoms with Gasteiger partial charge < -0.3 is 15.4 Å². The summed E-state index contributed by atoms with van der Waals surface area (Å²) < 4.78 is 4.91. The maximum Gasteiger partial charge on any atom is 0.414 e. The smallest absolute Gasteiger partial charge is 0.414 e. The standard InChI is InChI=1S/C18H17Cl2N3O3/c1-11(15-7-2-12(19)10-16(15)20)21-17(24)22-13-3-5-14(6-4-13)23-8-9-26-18(23)25/h2-7,10-11H,8-9H2,1H3,(H2,21,22,24). The van der Waals surface area contributed by atoms with Gasteiger partial charge in [0.15, 0.2) is 0 Å². The number of cyclic esters (lactones) is 1. The molecule has 1 atom stereocenters. The highest BCUT2D eigenvalue weighted by atomic mass is 35.5. The molecule has 1 fully saturated rings. The lowest BCUT2D eigenvalue weighted by molar-refractivity contribution is 0.181. The van der Waals surface area contributed by atoms with Gasteiger partial charge >= 0.3 is 12.1 Å². The number of hydrogen-bond donors (Lipinski definition) is 2. The Bertz CT molecular complexity index is 827. The SMILES string of the molecule is CC(NC(=O)Nc1ccc(N2CCOC2=O)cc1)c1ccc(Cl)cc1Cl. The van der Waals surface area contributed by atoms with Crippen molar-refractivity contribution in [3.05, 3.63) is 58.1 Å². The van der Waals surface area contributed by atoms with Gasteiger partial charge in [-0.05, 0) is 48.9 Å². The van der Waals surface area contributed by atoms with Crippen molar-refractivity contribution < 1.29 is 14.3 Å². The quantitative estimate of drug-likeness (QED) is 0.780. The summed E-state index contributed by atoms with van der Waals surface area (Å²) in [7, 11) is 0. The molecular weight excluding hydrogens is 377 g/mol. The minimum absolute atomic E-state index is 0.293.